The molecule has 0 saturated carbocycles. The second-order valence-corrected chi connectivity index (χ2v) is 3.87. The van der Waals surface area contributed by atoms with Gasteiger partial charge in [-0.1, -0.05) is 18.2 Å². The topological polar surface area (TPSA) is 51.2 Å². The lowest BCUT2D eigenvalue weighted by Crippen LogP contribution is -2.23. The molecule has 2 rings (SSSR count). The van der Waals surface area contributed by atoms with E-state index in [9.17, 15) is 9.18 Å². The Balaban J connectivity index is 1.99. The lowest BCUT2D eigenvalue weighted by atomic mass is 10.2. The number of benzene rings is 1. The number of nitrogens with one attached hydrogen (secondary N) is 1. The molecule has 1 aromatic carbocycles. The van der Waals surface area contributed by atoms with Crippen LogP contribution in [0.5, 0.6) is 5.88 Å². The smallest absolute Gasteiger partial charge is 0.270 e. The lowest BCUT2D eigenvalue weighted by Gasteiger charge is -2.06. The van der Waals surface area contributed by atoms with E-state index in [-0.39, 0.29) is 17.4 Å². The van der Waals surface area contributed by atoms with Crippen LogP contribution in [0.25, 0.3) is 0 Å². The summed E-state index contributed by atoms with van der Waals surface area (Å²) in [7, 11) is 1.49. The first-order valence-electron chi connectivity index (χ1n) is 5.73. The summed E-state index contributed by atoms with van der Waals surface area (Å²) in [6.45, 7) is 0.317. The van der Waals surface area contributed by atoms with Crippen LogP contribution in [-0.4, -0.2) is 18.0 Å². The molecule has 4 nitrogen and oxygen atoms in total. The molecule has 0 saturated heterocycles. The van der Waals surface area contributed by atoms with Gasteiger partial charge in [-0.25, -0.2) is 9.37 Å². The molecule has 0 spiro atoms. The highest BCUT2D eigenvalue weighted by atomic mass is 19.1. The largest absolute Gasteiger partial charge is 0.481 e. The summed E-state index contributed by atoms with van der Waals surface area (Å²) in [4.78, 5) is 15.9. The first-order chi connectivity index (χ1) is 9.19. The van der Waals surface area contributed by atoms with Gasteiger partial charge in [-0.3, -0.25) is 4.79 Å². The molecule has 0 atom stereocenters. The predicted molar refractivity (Wildman–Crippen MR) is 68.4 cm³/mol. The number of carbonyl (C=O) groups excluding carboxylic acids is 1. The molecule has 2 aromatic rings. The molecule has 0 unspecified atom stereocenters. The molecule has 19 heavy (non-hydrogen) atoms. The predicted octanol–water partition coefficient (Wildman–Crippen LogP) is 2.16. The van der Waals surface area contributed by atoms with Crippen molar-refractivity contribution in [1.82, 2.24) is 10.3 Å². The molecule has 5 heteroatoms. The number of aromatic nitrogens is 1. The molecule has 98 valence electrons. The van der Waals surface area contributed by atoms with Crippen LogP contribution in [0.3, 0.4) is 0 Å². The molecule has 0 aliphatic rings. The highest BCUT2D eigenvalue weighted by molar-refractivity contribution is 5.92. The zero-order valence-electron chi connectivity index (χ0n) is 10.4. The Morgan fingerprint density at radius 3 is 2.68 bits per heavy atom. The van der Waals surface area contributed by atoms with Crippen molar-refractivity contribution >= 4 is 5.91 Å². The van der Waals surface area contributed by atoms with Gasteiger partial charge >= 0.3 is 0 Å². The van der Waals surface area contributed by atoms with Crippen molar-refractivity contribution in [2.75, 3.05) is 7.11 Å². The van der Waals surface area contributed by atoms with E-state index in [1.165, 1.54) is 19.2 Å². The third kappa shape index (κ3) is 3.51. The Labute approximate surface area is 110 Å². The normalized spacial score (nSPS) is 10.0. The van der Waals surface area contributed by atoms with E-state index in [1.54, 1.807) is 30.3 Å². The van der Waals surface area contributed by atoms with Crippen molar-refractivity contribution < 1.29 is 13.9 Å². The van der Waals surface area contributed by atoms with E-state index in [0.717, 1.165) is 5.56 Å². The summed E-state index contributed by atoms with van der Waals surface area (Å²) < 4.78 is 17.7. The first-order valence-corrected chi connectivity index (χ1v) is 5.73. The zero-order chi connectivity index (χ0) is 13.7. The fourth-order valence-electron chi connectivity index (χ4n) is 1.53. The van der Waals surface area contributed by atoms with Crippen molar-refractivity contribution in [2.24, 2.45) is 0 Å². The van der Waals surface area contributed by atoms with Gasteiger partial charge in [0.05, 0.1) is 7.11 Å². The first kappa shape index (κ1) is 13.0. The number of carbonyl (C=O) groups is 1. The average Bonchev–Trinajstić information content (AvgIpc) is 2.46. The minimum absolute atomic E-state index is 0.279. The van der Waals surface area contributed by atoms with Crippen molar-refractivity contribution in [3.63, 3.8) is 0 Å². The summed E-state index contributed by atoms with van der Waals surface area (Å²) in [5.41, 5.74) is 1.10. The van der Waals surface area contributed by atoms with Gasteiger partial charge in [-0.15, -0.1) is 0 Å². The van der Waals surface area contributed by atoms with Crippen molar-refractivity contribution in [3.05, 3.63) is 59.5 Å². The molecule has 0 fully saturated rings. The average molecular weight is 260 g/mol. The van der Waals surface area contributed by atoms with Crippen LogP contribution in [0, 0.1) is 5.82 Å². The van der Waals surface area contributed by atoms with Gasteiger partial charge in [-0.05, 0) is 23.8 Å². The molecule has 0 radical (unpaired) electrons. The van der Waals surface area contributed by atoms with E-state index in [4.69, 9.17) is 4.74 Å². The zero-order valence-corrected chi connectivity index (χ0v) is 10.4. The van der Waals surface area contributed by atoms with Gasteiger partial charge in [0.15, 0.2) is 0 Å². The second kappa shape index (κ2) is 5.95. The fourth-order valence-corrected chi connectivity index (χ4v) is 1.53. The van der Waals surface area contributed by atoms with Crippen LogP contribution < -0.4 is 10.1 Å². The summed E-state index contributed by atoms with van der Waals surface area (Å²) in [6, 6.07) is 10.9. The van der Waals surface area contributed by atoms with Crippen LogP contribution >= 0.6 is 0 Å². The maximum absolute atomic E-state index is 12.7. The van der Waals surface area contributed by atoms with Gasteiger partial charge in [0, 0.05) is 12.6 Å². The number of ether oxygens (including phenoxy) is 1. The Morgan fingerprint density at radius 2 is 2.00 bits per heavy atom. The number of rotatable bonds is 4. The Hall–Kier alpha value is -2.43. The SMILES string of the molecule is COc1cccc(C(=O)NCc2ccc(F)cc2)n1. The van der Waals surface area contributed by atoms with E-state index >= 15 is 0 Å². The molecule has 1 heterocycles. The molecule has 1 N–H and O–H groups in total. The van der Waals surface area contributed by atoms with E-state index < -0.39 is 0 Å². The van der Waals surface area contributed by atoms with Crippen molar-refractivity contribution in [2.45, 2.75) is 6.54 Å². The molecule has 0 bridgehead atoms. The minimum atomic E-state index is -0.303. The highest BCUT2D eigenvalue weighted by Gasteiger charge is 2.07. The molecule has 0 aliphatic carbocycles. The standard InChI is InChI=1S/C14H13FN2O2/c1-19-13-4-2-3-12(17-13)14(18)16-9-10-5-7-11(15)8-6-10/h2-8H,9H2,1H3,(H,16,18). The lowest BCUT2D eigenvalue weighted by molar-refractivity contribution is 0.0945. The number of hydrogen-bond donors (Lipinski definition) is 1. The molecule has 0 aliphatic heterocycles. The van der Waals surface area contributed by atoms with Crippen molar-refractivity contribution in [3.8, 4) is 5.88 Å². The third-order valence-corrected chi connectivity index (χ3v) is 2.53. The maximum atomic E-state index is 12.7. The number of nitrogens with zero attached hydrogens (tertiary/aromatic N) is 1. The Bertz CT molecular complexity index is 570. The van der Waals surface area contributed by atoms with Gasteiger partial charge in [-0.2, -0.15) is 0 Å². The summed E-state index contributed by atoms with van der Waals surface area (Å²) >= 11 is 0. The number of hydrogen-bond acceptors (Lipinski definition) is 3. The number of methoxy groups -OCH3 is 1. The van der Waals surface area contributed by atoms with Crippen LogP contribution in [0.15, 0.2) is 42.5 Å². The summed E-state index contributed by atoms with van der Waals surface area (Å²) in [5.74, 6) is -0.220. The third-order valence-electron chi connectivity index (χ3n) is 2.53. The number of halogens is 1. The number of pyridine rings is 1. The fraction of sp³-hybridized carbons (Fsp3) is 0.143. The van der Waals surface area contributed by atoms with Gasteiger partial charge in [0.2, 0.25) is 5.88 Å². The highest BCUT2D eigenvalue weighted by Crippen LogP contribution is 2.07. The van der Waals surface area contributed by atoms with Gasteiger partial charge in [0.25, 0.3) is 5.91 Å². The monoisotopic (exact) mass is 260 g/mol. The molecule has 1 amide bonds. The quantitative estimate of drug-likeness (QED) is 0.916. The van der Waals surface area contributed by atoms with Gasteiger partial charge < -0.3 is 10.1 Å². The maximum Gasteiger partial charge on any atom is 0.270 e. The van der Waals surface area contributed by atoms with E-state index in [2.05, 4.69) is 10.3 Å². The Morgan fingerprint density at radius 1 is 1.26 bits per heavy atom. The molecular weight excluding hydrogens is 247 g/mol. The van der Waals surface area contributed by atoms with Crippen LogP contribution in [-0.2, 0) is 6.54 Å². The van der Waals surface area contributed by atoms with Crippen molar-refractivity contribution in [1.29, 1.82) is 0 Å². The van der Waals surface area contributed by atoms with E-state index in [1.807, 2.05) is 0 Å². The molecule has 1 aromatic heterocycles. The minimum Gasteiger partial charge on any atom is -0.481 e. The van der Waals surface area contributed by atoms with E-state index in [0.29, 0.717) is 12.4 Å². The second-order valence-electron chi connectivity index (χ2n) is 3.87. The summed E-state index contributed by atoms with van der Waals surface area (Å²) in [5, 5.41) is 2.71. The van der Waals surface area contributed by atoms with Crippen LogP contribution in [0.1, 0.15) is 16.1 Å². The summed E-state index contributed by atoms with van der Waals surface area (Å²) in [6.07, 6.45) is 0. The van der Waals surface area contributed by atoms with Crippen LogP contribution in [0.4, 0.5) is 4.39 Å². The number of amides is 1. The molecular formula is C14H13FN2O2. The Kier molecular flexibility index (Phi) is 4.07. The van der Waals surface area contributed by atoms with Crippen LogP contribution in [0.2, 0.25) is 0 Å². The van der Waals surface area contributed by atoms with Gasteiger partial charge in [0.1, 0.15) is 11.5 Å².